The van der Waals surface area contributed by atoms with E-state index in [0.717, 1.165) is 0 Å². The summed E-state index contributed by atoms with van der Waals surface area (Å²) in [5.41, 5.74) is -0.973. The van der Waals surface area contributed by atoms with Gasteiger partial charge in [-0.2, -0.15) is 0 Å². The summed E-state index contributed by atoms with van der Waals surface area (Å²) < 4.78 is 29.6. The fraction of sp³-hybridized carbons (Fsp3) is 0.533. The number of rotatable bonds is 8. The molecule has 0 aliphatic heterocycles. The van der Waals surface area contributed by atoms with Gasteiger partial charge in [0, 0.05) is 0 Å². The van der Waals surface area contributed by atoms with Crippen molar-refractivity contribution >= 4 is 15.6 Å². The lowest BCUT2D eigenvalue weighted by atomic mass is 9.80. The van der Waals surface area contributed by atoms with Crippen LogP contribution < -0.4 is 4.74 Å². The molecule has 0 radical (unpaired) electrons. The van der Waals surface area contributed by atoms with E-state index in [-0.39, 0.29) is 11.5 Å². The van der Waals surface area contributed by atoms with Gasteiger partial charge < -0.3 is 9.84 Å². The van der Waals surface area contributed by atoms with E-state index in [4.69, 9.17) is 4.74 Å². The highest BCUT2D eigenvalue weighted by atomic mass is 32.2. The van der Waals surface area contributed by atoms with Gasteiger partial charge in [-0.05, 0) is 37.1 Å². The first kappa shape index (κ1) is 17.7. The summed E-state index contributed by atoms with van der Waals surface area (Å²) in [5.74, 6) is -0.486. The average Bonchev–Trinajstić information content (AvgIpc) is 2.49. The van der Waals surface area contributed by atoms with Gasteiger partial charge in [0.25, 0.3) is 0 Å². The van der Waals surface area contributed by atoms with Crippen LogP contribution in [0.15, 0.2) is 29.2 Å². The maximum absolute atomic E-state index is 12.3. The van der Waals surface area contributed by atoms with E-state index in [1.165, 1.54) is 31.4 Å². The number of ether oxygens (including phenoxy) is 1. The minimum absolute atomic E-state index is 0.0793. The molecule has 0 aliphatic carbocycles. The summed E-state index contributed by atoms with van der Waals surface area (Å²) in [5, 5.41) is 9.45. The third kappa shape index (κ3) is 3.83. The van der Waals surface area contributed by atoms with Crippen molar-refractivity contribution in [1.82, 2.24) is 0 Å². The molecule has 0 saturated carbocycles. The molecule has 0 atom stereocenters. The van der Waals surface area contributed by atoms with Gasteiger partial charge in [-0.1, -0.05) is 13.8 Å². The second kappa shape index (κ2) is 7.04. The maximum atomic E-state index is 12.3. The van der Waals surface area contributed by atoms with Crippen molar-refractivity contribution in [2.24, 2.45) is 5.41 Å². The molecule has 1 aromatic carbocycles. The Bertz CT molecular complexity index is 562. The molecule has 0 aromatic heterocycles. The number of hydrogen-bond acceptors (Lipinski definition) is 5. The molecule has 0 amide bonds. The summed E-state index contributed by atoms with van der Waals surface area (Å²) in [6, 6.07) is 5.91. The van der Waals surface area contributed by atoms with Crippen molar-refractivity contribution in [1.29, 1.82) is 0 Å². The maximum Gasteiger partial charge on any atom is 0.185 e. The summed E-state index contributed by atoms with van der Waals surface area (Å²) in [6.45, 7) is 3.21. The second-order valence-electron chi connectivity index (χ2n) is 5.00. The number of benzene rings is 1. The van der Waals surface area contributed by atoms with Crippen LogP contribution in [0.2, 0.25) is 0 Å². The van der Waals surface area contributed by atoms with E-state index in [0.29, 0.717) is 18.6 Å². The Kier molecular flexibility index (Phi) is 5.92. The molecular weight excluding hydrogens is 292 g/mol. The van der Waals surface area contributed by atoms with Crippen LogP contribution in [-0.4, -0.2) is 38.8 Å². The number of methoxy groups -OCH3 is 1. The molecular formula is C15H22O5S. The van der Waals surface area contributed by atoms with Crippen LogP contribution >= 0.6 is 0 Å². The average molecular weight is 314 g/mol. The van der Waals surface area contributed by atoms with E-state index in [9.17, 15) is 18.3 Å². The van der Waals surface area contributed by atoms with Gasteiger partial charge in [0.05, 0.1) is 24.0 Å². The first-order chi connectivity index (χ1) is 9.85. The molecule has 0 fully saturated rings. The SMILES string of the molecule is CCC(CC)(CO)C(=O)CS(=O)(=O)c1ccc(OC)cc1. The Morgan fingerprint density at radius 2 is 1.71 bits per heavy atom. The third-order valence-corrected chi connectivity index (χ3v) is 5.62. The van der Waals surface area contributed by atoms with Gasteiger partial charge in [-0.3, -0.25) is 4.79 Å². The number of carbonyl (C=O) groups excluding carboxylic acids is 1. The molecule has 0 heterocycles. The monoisotopic (exact) mass is 314 g/mol. The largest absolute Gasteiger partial charge is 0.497 e. The van der Waals surface area contributed by atoms with Gasteiger partial charge in [0.1, 0.15) is 11.5 Å². The van der Waals surface area contributed by atoms with Crippen LogP contribution in [-0.2, 0) is 14.6 Å². The van der Waals surface area contributed by atoms with Crippen LogP contribution in [0.1, 0.15) is 26.7 Å². The predicted octanol–water partition coefficient (Wildman–Crippen LogP) is 1.84. The van der Waals surface area contributed by atoms with Crippen molar-refractivity contribution in [3.05, 3.63) is 24.3 Å². The van der Waals surface area contributed by atoms with E-state index in [1.807, 2.05) is 0 Å². The molecule has 0 aliphatic rings. The number of carbonyl (C=O) groups is 1. The molecule has 0 bridgehead atoms. The summed E-state index contributed by atoms with van der Waals surface area (Å²) >= 11 is 0. The number of sulfone groups is 1. The fourth-order valence-corrected chi connectivity index (χ4v) is 3.52. The van der Waals surface area contributed by atoms with Crippen molar-refractivity contribution in [3.8, 4) is 5.75 Å². The summed E-state index contributed by atoms with van der Waals surface area (Å²) in [4.78, 5) is 12.4. The zero-order chi connectivity index (χ0) is 16.1. The van der Waals surface area contributed by atoms with E-state index in [1.54, 1.807) is 13.8 Å². The Balaban J connectivity index is 3.01. The van der Waals surface area contributed by atoms with Crippen LogP contribution in [0.4, 0.5) is 0 Å². The van der Waals surface area contributed by atoms with Gasteiger partial charge in [0.15, 0.2) is 15.6 Å². The van der Waals surface area contributed by atoms with Crippen molar-refractivity contribution in [3.63, 3.8) is 0 Å². The van der Waals surface area contributed by atoms with Gasteiger partial charge in [-0.25, -0.2) is 8.42 Å². The minimum Gasteiger partial charge on any atom is -0.497 e. The molecule has 0 spiro atoms. The Labute approximate surface area is 125 Å². The van der Waals surface area contributed by atoms with E-state index in [2.05, 4.69) is 0 Å². The number of ketones is 1. The zero-order valence-corrected chi connectivity index (χ0v) is 13.4. The summed E-state index contributed by atoms with van der Waals surface area (Å²) in [6.07, 6.45) is 0.827. The van der Waals surface area contributed by atoms with Gasteiger partial charge in [-0.15, -0.1) is 0 Å². The lowest BCUT2D eigenvalue weighted by Crippen LogP contribution is -2.38. The summed E-state index contributed by atoms with van der Waals surface area (Å²) in [7, 11) is -2.22. The standard InChI is InChI=1S/C15H22O5S/c1-4-15(5-2,11-16)14(17)10-21(18,19)13-8-6-12(20-3)7-9-13/h6-9,16H,4-5,10-11H2,1-3H3. The first-order valence-electron chi connectivity index (χ1n) is 6.86. The fourth-order valence-electron chi connectivity index (χ4n) is 2.15. The molecule has 1 rings (SSSR count). The number of Topliss-reactive ketones (excluding diaryl/α,β-unsaturated/α-hetero) is 1. The highest BCUT2D eigenvalue weighted by molar-refractivity contribution is 7.92. The molecule has 6 heteroatoms. The first-order valence-corrected chi connectivity index (χ1v) is 8.51. The molecule has 1 N–H and O–H groups in total. The Hall–Kier alpha value is -1.40. The van der Waals surface area contributed by atoms with Crippen molar-refractivity contribution in [2.75, 3.05) is 19.5 Å². The molecule has 118 valence electrons. The molecule has 0 saturated heterocycles. The van der Waals surface area contributed by atoms with E-state index >= 15 is 0 Å². The smallest absolute Gasteiger partial charge is 0.185 e. The quantitative estimate of drug-likeness (QED) is 0.792. The predicted molar refractivity (Wildman–Crippen MR) is 80.2 cm³/mol. The zero-order valence-electron chi connectivity index (χ0n) is 12.6. The lowest BCUT2D eigenvalue weighted by Gasteiger charge is -2.27. The minimum atomic E-state index is -3.71. The molecule has 5 nitrogen and oxygen atoms in total. The number of aliphatic hydroxyl groups is 1. The normalized spacial score (nSPS) is 12.2. The van der Waals surface area contributed by atoms with Crippen molar-refractivity contribution < 1.29 is 23.1 Å². The van der Waals surface area contributed by atoms with Crippen LogP contribution in [0.5, 0.6) is 5.75 Å². The van der Waals surface area contributed by atoms with E-state index < -0.39 is 26.8 Å². The Morgan fingerprint density at radius 1 is 1.19 bits per heavy atom. The van der Waals surface area contributed by atoms with Crippen LogP contribution in [0.25, 0.3) is 0 Å². The molecule has 1 aromatic rings. The van der Waals surface area contributed by atoms with Crippen LogP contribution in [0.3, 0.4) is 0 Å². The highest BCUT2D eigenvalue weighted by Gasteiger charge is 2.36. The number of hydrogen-bond donors (Lipinski definition) is 1. The van der Waals surface area contributed by atoms with Crippen molar-refractivity contribution in [2.45, 2.75) is 31.6 Å². The molecule has 21 heavy (non-hydrogen) atoms. The topological polar surface area (TPSA) is 80.7 Å². The van der Waals surface area contributed by atoms with Gasteiger partial charge >= 0.3 is 0 Å². The third-order valence-electron chi connectivity index (χ3n) is 3.99. The Morgan fingerprint density at radius 3 is 2.10 bits per heavy atom. The highest BCUT2D eigenvalue weighted by Crippen LogP contribution is 2.28. The number of aliphatic hydroxyl groups excluding tert-OH is 1. The molecule has 0 unspecified atom stereocenters. The second-order valence-corrected chi connectivity index (χ2v) is 6.99. The lowest BCUT2D eigenvalue weighted by molar-refractivity contribution is -0.128. The van der Waals surface area contributed by atoms with Gasteiger partial charge in [0.2, 0.25) is 0 Å². The van der Waals surface area contributed by atoms with Crippen LogP contribution in [0, 0.1) is 5.41 Å².